The highest BCUT2D eigenvalue weighted by Gasteiger charge is 2.18. The van der Waals surface area contributed by atoms with Crippen LogP contribution < -0.4 is 10.5 Å². The molecule has 0 saturated heterocycles. The molecule has 0 atom stereocenters. The number of sulfonamides is 1. The van der Waals surface area contributed by atoms with Gasteiger partial charge in [-0.25, -0.2) is 17.9 Å². The minimum Gasteiger partial charge on any atom is -0.320 e. The first-order chi connectivity index (χ1) is 8.88. The van der Waals surface area contributed by atoms with E-state index < -0.39 is 21.7 Å². The van der Waals surface area contributed by atoms with Gasteiger partial charge in [0.15, 0.2) is 0 Å². The van der Waals surface area contributed by atoms with Crippen LogP contribution in [-0.4, -0.2) is 23.9 Å². The summed E-state index contributed by atoms with van der Waals surface area (Å²) in [5, 5.41) is 10.7. The lowest BCUT2D eigenvalue weighted by atomic mass is 10.3. The van der Waals surface area contributed by atoms with Crippen LogP contribution in [0.3, 0.4) is 0 Å². The average molecular weight is 302 g/mol. The Kier molecular flexibility index (Phi) is 3.55. The van der Waals surface area contributed by atoms with E-state index in [4.69, 9.17) is 5.14 Å². The summed E-state index contributed by atoms with van der Waals surface area (Å²) in [5.41, 5.74) is -0.235. The highest BCUT2D eigenvalue weighted by atomic mass is 32.2. The molecule has 7 nitrogen and oxygen atoms in total. The minimum absolute atomic E-state index is 0.157. The Bertz CT molecular complexity index is 715. The maximum atomic E-state index is 13.1. The Morgan fingerprint density at radius 1 is 1.42 bits per heavy atom. The van der Waals surface area contributed by atoms with Crippen LogP contribution in [0, 0.1) is 5.82 Å². The molecule has 1 aromatic heterocycles. The number of halogens is 1. The van der Waals surface area contributed by atoms with Gasteiger partial charge in [-0.05, 0) is 29.7 Å². The number of rotatable bonds is 3. The van der Waals surface area contributed by atoms with Crippen molar-refractivity contribution in [3.8, 4) is 0 Å². The lowest BCUT2D eigenvalue weighted by molar-refractivity contribution is 0.103. The van der Waals surface area contributed by atoms with Crippen LogP contribution in [0.4, 0.5) is 10.1 Å². The van der Waals surface area contributed by atoms with Crippen molar-refractivity contribution in [2.45, 2.75) is 4.90 Å². The molecule has 100 valence electrons. The number of carbonyl (C=O) groups is 1. The van der Waals surface area contributed by atoms with Crippen molar-refractivity contribution < 1.29 is 17.6 Å². The van der Waals surface area contributed by atoms with Crippen LogP contribution in [0.2, 0.25) is 0 Å². The largest absolute Gasteiger partial charge is 0.320 e. The Morgan fingerprint density at radius 3 is 2.74 bits per heavy atom. The van der Waals surface area contributed by atoms with Crippen molar-refractivity contribution in [3.05, 3.63) is 35.1 Å². The molecule has 19 heavy (non-hydrogen) atoms. The van der Waals surface area contributed by atoms with Crippen molar-refractivity contribution >= 4 is 33.2 Å². The first kappa shape index (κ1) is 13.5. The Labute approximate surface area is 111 Å². The smallest absolute Gasteiger partial charge is 0.269 e. The fraction of sp³-hybridized carbons (Fsp3) is 0. The van der Waals surface area contributed by atoms with Crippen molar-refractivity contribution in [2.75, 3.05) is 5.32 Å². The number of amides is 1. The van der Waals surface area contributed by atoms with E-state index in [9.17, 15) is 17.6 Å². The molecule has 1 heterocycles. The lowest BCUT2D eigenvalue weighted by Crippen LogP contribution is -2.18. The molecule has 0 saturated carbocycles. The summed E-state index contributed by atoms with van der Waals surface area (Å²) < 4.78 is 39.2. The zero-order chi connectivity index (χ0) is 14.0. The van der Waals surface area contributed by atoms with Crippen LogP contribution in [0.1, 0.15) is 9.67 Å². The van der Waals surface area contributed by atoms with Crippen molar-refractivity contribution in [3.63, 3.8) is 0 Å². The summed E-state index contributed by atoms with van der Waals surface area (Å²) in [6.07, 6.45) is 1.20. The van der Waals surface area contributed by atoms with Crippen molar-refractivity contribution in [2.24, 2.45) is 5.14 Å². The SMILES string of the molecule is NS(=O)(=O)c1ccc(F)cc1NC(=O)c1cnns1. The number of carbonyl (C=O) groups excluding carboxylic acids is 1. The third kappa shape index (κ3) is 3.10. The Morgan fingerprint density at radius 2 is 2.16 bits per heavy atom. The number of hydrogen-bond acceptors (Lipinski definition) is 6. The lowest BCUT2D eigenvalue weighted by Gasteiger charge is -2.08. The number of hydrogen-bond donors (Lipinski definition) is 2. The van der Waals surface area contributed by atoms with E-state index in [0.29, 0.717) is 0 Å². The molecule has 3 N–H and O–H groups in total. The van der Waals surface area contributed by atoms with Gasteiger partial charge in [-0.2, -0.15) is 0 Å². The van der Waals surface area contributed by atoms with Crippen molar-refractivity contribution in [1.82, 2.24) is 9.59 Å². The van der Waals surface area contributed by atoms with Gasteiger partial charge in [-0.1, -0.05) is 4.49 Å². The van der Waals surface area contributed by atoms with E-state index in [1.807, 2.05) is 0 Å². The molecule has 0 aliphatic heterocycles. The molecule has 2 aromatic rings. The molecular formula is C9H7FN4O3S2. The number of nitrogens with two attached hydrogens (primary N) is 1. The number of nitrogens with one attached hydrogen (secondary N) is 1. The summed E-state index contributed by atoms with van der Waals surface area (Å²) in [5.74, 6) is -1.35. The van der Waals surface area contributed by atoms with Gasteiger partial charge in [-0.3, -0.25) is 4.79 Å². The fourth-order valence-corrected chi connectivity index (χ4v) is 2.38. The van der Waals surface area contributed by atoms with Gasteiger partial charge in [-0.15, -0.1) is 5.10 Å². The molecule has 0 bridgehead atoms. The molecule has 2 rings (SSSR count). The van der Waals surface area contributed by atoms with Gasteiger partial charge in [0.25, 0.3) is 5.91 Å². The predicted molar refractivity (Wildman–Crippen MR) is 65.6 cm³/mol. The first-order valence-electron chi connectivity index (χ1n) is 4.79. The number of primary sulfonamides is 1. The van der Waals surface area contributed by atoms with Gasteiger partial charge in [0, 0.05) is 0 Å². The minimum atomic E-state index is -4.07. The summed E-state index contributed by atoms with van der Waals surface area (Å²) >= 11 is 0.820. The van der Waals surface area contributed by atoms with Gasteiger partial charge in [0.2, 0.25) is 10.0 Å². The number of nitrogens with zero attached hydrogens (tertiary/aromatic N) is 2. The summed E-state index contributed by atoms with van der Waals surface area (Å²) in [4.78, 5) is 11.5. The predicted octanol–water partition coefficient (Wildman–Crippen LogP) is 0.577. The highest BCUT2D eigenvalue weighted by Crippen LogP contribution is 2.22. The molecule has 0 aliphatic carbocycles. The monoisotopic (exact) mass is 302 g/mol. The summed E-state index contributed by atoms with van der Waals surface area (Å²) in [6, 6.07) is 2.78. The molecule has 0 fully saturated rings. The highest BCUT2D eigenvalue weighted by molar-refractivity contribution is 7.89. The van der Waals surface area contributed by atoms with Crippen LogP contribution >= 0.6 is 11.5 Å². The van der Waals surface area contributed by atoms with E-state index in [0.717, 1.165) is 29.7 Å². The molecule has 0 unspecified atom stereocenters. The topological polar surface area (TPSA) is 115 Å². The quantitative estimate of drug-likeness (QED) is 0.860. The zero-order valence-electron chi connectivity index (χ0n) is 9.20. The molecule has 1 amide bonds. The van der Waals surface area contributed by atoms with Crippen LogP contribution in [-0.2, 0) is 10.0 Å². The molecular weight excluding hydrogens is 295 g/mol. The molecule has 0 radical (unpaired) electrons. The number of anilines is 1. The molecule has 1 aromatic carbocycles. The maximum absolute atomic E-state index is 13.1. The van der Waals surface area contributed by atoms with Gasteiger partial charge in [0.1, 0.15) is 15.6 Å². The second kappa shape index (κ2) is 4.99. The normalized spacial score (nSPS) is 11.3. The van der Waals surface area contributed by atoms with E-state index in [1.165, 1.54) is 6.20 Å². The average Bonchev–Trinajstić information content (AvgIpc) is 2.80. The zero-order valence-corrected chi connectivity index (χ0v) is 10.8. The summed E-state index contributed by atoms with van der Waals surface area (Å²) in [7, 11) is -4.07. The Balaban J connectivity index is 2.39. The third-order valence-corrected chi connectivity index (χ3v) is 3.71. The molecule has 10 heteroatoms. The second-order valence-corrected chi connectivity index (χ2v) is 5.74. The Hall–Kier alpha value is -1.91. The number of aromatic nitrogens is 2. The van der Waals surface area contributed by atoms with Crippen molar-refractivity contribution in [1.29, 1.82) is 0 Å². The van der Waals surface area contributed by atoms with Crippen LogP contribution in [0.15, 0.2) is 29.3 Å². The van der Waals surface area contributed by atoms with Gasteiger partial charge < -0.3 is 5.32 Å². The van der Waals surface area contributed by atoms with E-state index in [2.05, 4.69) is 14.9 Å². The van der Waals surface area contributed by atoms with Crippen LogP contribution in [0.5, 0.6) is 0 Å². The third-order valence-electron chi connectivity index (χ3n) is 2.08. The number of benzene rings is 1. The maximum Gasteiger partial charge on any atom is 0.269 e. The molecule has 0 spiro atoms. The standard InChI is InChI=1S/C9H7FN4O3S2/c10-5-1-2-8(19(11,16)17)6(3-5)13-9(15)7-4-12-14-18-7/h1-4H,(H,13,15)(H2,11,16,17). The fourth-order valence-electron chi connectivity index (χ4n) is 1.30. The second-order valence-electron chi connectivity index (χ2n) is 3.42. The first-order valence-corrected chi connectivity index (χ1v) is 7.11. The van der Waals surface area contributed by atoms with E-state index in [-0.39, 0.29) is 15.5 Å². The van der Waals surface area contributed by atoms with E-state index >= 15 is 0 Å². The van der Waals surface area contributed by atoms with Gasteiger partial charge in [0.05, 0.1) is 11.9 Å². The summed E-state index contributed by atoms with van der Waals surface area (Å²) in [6.45, 7) is 0. The van der Waals surface area contributed by atoms with Crippen LogP contribution in [0.25, 0.3) is 0 Å². The van der Waals surface area contributed by atoms with Gasteiger partial charge >= 0.3 is 0 Å². The van der Waals surface area contributed by atoms with E-state index in [1.54, 1.807) is 0 Å². The molecule has 0 aliphatic rings.